The highest BCUT2D eigenvalue weighted by atomic mass is 79.9. The molecule has 0 heterocycles. The van der Waals surface area contributed by atoms with Crippen LogP contribution in [0.4, 0.5) is 0 Å². The van der Waals surface area contributed by atoms with Gasteiger partial charge in [0.15, 0.2) is 5.12 Å². The molecule has 16 heavy (non-hydrogen) atoms. The highest BCUT2D eigenvalue weighted by Crippen LogP contribution is 2.25. The van der Waals surface area contributed by atoms with Crippen LogP contribution < -0.4 is 4.74 Å². The molecule has 0 aromatic heterocycles. The predicted octanol–water partition coefficient (Wildman–Crippen LogP) is 3.75. The average molecular weight is 301 g/mol. The number of carbonyl (C=O) groups excluding carboxylic acids is 1. The van der Waals surface area contributed by atoms with E-state index in [2.05, 4.69) is 15.9 Å². The molecular formula is C12H13BrO2S. The first-order valence-electron chi connectivity index (χ1n) is 4.77. The van der Waals surface area contributed by atoms with Crippen LogP contribution in [-0.2, 0) is 4.79 Å². The fraction of sp³-hybridized carbons (Fsp3) is 0.250. The Morgan fingerprint density at radius 1 is 1.56 bits per heavy atom. The first-order chi connectivity index (χ1) is 7.63. The van der Waals surface area contributed by atoms with Crippen molar-refractivity contribution in [2.75, 3.05) is 12.9 Å². The van der Waals surface area contributed by atoms with Crippen molar-refractivity contribution in [2.45, 2.75) is 6.92 Å². The normalized spacial score (nSPS) is 10.7. The van der Waals surface area contributed by atoms with E-state index in [1.165, 1.54) is 11.8 Å². The van der Waals surface area contributed by atoms with E-state index in [-0.39, 0.29) is 5.12 Å². The molecule has 0 atom stereocenters. The standard InChI is InChI=1S/C12H13BrO2S/c1-9(14)16-7-3-4-10-5-6-12(15-2)11(13)8-10/h3-6,8H,7H2,1-2H3. The molecule has 2 nitrogen and oxygen atoms in total. The van der Waals surface area contributed by atoms with Crippen molar-refractivity contribution in [3.8, 4) is 5.75 Å². The predicted molar refractivity (Wildman–Crippen MR) is 72.9 cm³/mol. The summed E-state index contributed by atoms with van der Waals surface area (Å²) in [6, 6.07) is 5.86. The monoisotopic (exact) mass is 300 g/mol. The Kier molecular flexibility index (Phi) is 5.63. The van der Waals surface area contributed by atoms with E-state index >= 15 is 0 Å². The largest absolute Gasteiger partial charge is 0.496 e. The molecule has 1 aromatic carbocycles. The van der Waals surface area contributed by atoms with Crippen LogP contribution in [0.25, 0.3) is 6.08 Å². The second-order valence-electron chi connectivity index (χ2n) is 3.10. The van der Waals surface area contributed by atoms with Crippen molar-refractivity contribution < 1.29 is 9.53 Å². The number of hydrogen-bond donors (Lipinski definition) is 0. The summed E-state index contributed by atoms with van der Waals surface area (Å²) in [5.74, 6) is 1.52. The number of ether oxygens (including phenoxy) is 1. The smallest absolute Gasteiger partial charge is 0.186 e. The van der Waals surface area contributed by atoms with Gasteiger partial charge in [-0.05, 0) is 33.6 Å². The van der Waals surface area contributed by atoms with Gasteiger partial charge in [-0.25, -0.2) is 0 Å². The van der Waals surface area contributed by atoms with E-state index in [1.807, 2.05) is 30.4 Å². The third-order valence-corrected chi connectivity index (χ3v) is 3.25. The summed E-state index contributed by atoms with van der Waals surface area (Å²) in [5.41, 5.74) is 1.08. The lowest BCUT2D eigenvalue weighted by Gasteiger charge is -2.03. The molecule has 0 fully saturated rings. The Morgan fingerprint density at radius 2 is 2.31 bits per heavy atom. The fourth-order valence-electron chi connectivity index (χ4n) is 1.14. The number of thioether (sulfide) groups is 1. The SMILES string of the molecule is COc1ccc(C=CCSC(C)=O)cc1Br. The molecular weight excluding hydrogens is 288 g/mol. The van der Waals surface area contributed by atoms with Gasteiger partial charge in [0.25, 0.3) is 0 Å². The molecule has 1 aromatic rings. The minimum atomic E-state index is 0.139. The third-order valence-electron chi connectivity index (χ3n) is 1.87. The van der Waals surface area contributed by atoms with Gasteiger partial charge in [0.05, 0.1) is 11.6 Å². The second-order valence-corrected chi connectivity index (χ2v) is 5.15. The first-order valence-corrected chi connectivity index (χ1v) is 6.55. The number of rotatable bonds is 4. The van der Waals surface area contributed by atoms with Crippen LogP contribution >= 0.6 is 27.7 Å². The molecule has 0 amide bonds. The van der Waals surface area contributed by atoms with Crippen LogP contribution in [0.2, 0.25) is 0 Å². The molecule has 0 aliphatic heterocycles. The summed E-state index contributed by atoms with van der Waals surface area (Å²) in [6.45, 7) is 1.57. The van der Waals surface area contributed by atoms with Gasteiger partial charge in [-0.3, -0.25) is 4.79 Å². The number of halogens is 1. The molecule has 0 bridgehead atoms. The van der Waals surface area contributed by atoms with Crippen molar-refractivity contribution in [2.24, 2.45) is 0 Å². The molecule has 1 rings (SSSR count). The first kappa shape index (κ1) is 13.3. The van der Waals surface area contributed by atoms with E-state index < -0.39 is 0 Å². The van der Waals surface area contributed by atoms with E-state index in [9.17, 15) is 4.79 Å². The Bertz CT molecular complexity index is 402. The Balaban J connectivity index is 2.61. The van der Waals surface area contributed by atoms with Gasteiger partial charge >= 0.3 is 0 Å². The molecule has 0 aliphatic carbocycles. The summed E-state index contributed by atoms with van der Waals surface area (Å²) in [5, 5.41) is 0.139. The highest BCUT2D eigenvalue weighted by molar-refractivity contribution is 9.10. The molecule has 0 N–H and O–H groups in total. The van der Waals surface area contributed by atoms with Gasteiger partial charge in [-0.2, -0.15) is 0 Å². The van der Waals surface area contributed by atoms with E-state index in [0.717, 1.165) is 15.8 Å². The van der Waals surface area contributed by atoms with Crippen molar-refractivity contribution in [1.82, 2.24) is 0 Å². The zero-order valence-electron chi connectivity index (χ0n) is 9.20. The van der Waals surface area contributed by atoms with Crippen LogP contribution in [0.5, 0.6) is 5.75 Å². The molecule has 0 radical (unpaired) electrons. The minimum Gasteiger partial charge on any atom is -0.496 e. The number of benzene rings is 1. The zero-order chi connectivity index (χ0) is 12.0. The lowest BCUT2D eigenvalue weighted by atomic mass is 10.2. The van der Waals surface area contributed by atoms with E-state index in [4.69, 9.17) is 4.74 Å². The quantitative estimate of drug-likeness (QED) is 0.847. The molecule has 86 valence electrons. The lowest BCUT2D eigenvalue weighted by Crippen LogP contribution is -1.85. The summed E-state index contributed by atoms with van der Waals surface area (Å²) < 4.78 is 6.06. The third kappa shape index (κ3) is 4.41. The number of hydrogen-bond acceptors (Lipinski definition) is 3. The topological polar surface area (TPSA) is 26.3 Å². The van der Waals surface area contributed by atoms with Gasteiger partial charge < -0.3 is 4.74 Å². The maximum Gasteiger partial charge on any atom is 0.186 e. The maximum absolute atomic E-state index is 10.7. The van der Waals surface area contributed by atoms with Crippen molar-refractivity contribution in [3.63, 3.8) is 0 Å². The molecule has 0 saturated carbocycles. The second kappa shape index (κ2) is 6.76. The molecule has 0 spiro atoms. The van der Waals surface area contributed by atoms with Gasteiger partial charge in [0, 0.05) is 12.7 Å². The average Bonchev–Trinajstić information content (AvgIpc) is 2.24. The van der Waals surface area contributed by atoms with E-state index in [1.54, 1.807) is 14.0 Å². The van der Waals surface area contributed by atoms with Crippen LogP contribution in [0, 0.1) is 0 Å². The van der Waals surface area contributed by atoms with Crippen LogP contribution in [0.15, 0.2) is 28.7 Å². The fourth-order valence-corrected chi connectivity index (χ4v) is 2.12. The summed E-state index contributed by atoms with van der Waals surface area (Å²) in [4.78, 5) is 10.7. The van der Waals surface area contributed by atoms with Crippen molar-refractivity contribution >= 4 is 38.9 Å². The summed E-state index contributed by atoms with van der Waals surface area (Å²) in [7, 11) is 1.64. The Hall–Kier alpha value is -0.740. The summed E-state index contributed by atoms with van der Waals surface area (Å²) in [6.07, 6.45) is 3.96. The van der Waals surface area contributed by atoms with Gasteiger partial charge in [0.1, 0.15) is 5.75 Å². The zero-order valence-corrected chi connectivity index (χ0v) is 11.6. The molecule has 0 unspecified atom stereocenters. The summed E-state index contributed by atoms with van der Waals surface area (Å²) >= 11 is 4.72. The minimum absolute atomic E-state index is 0.139. The van der Waals surface area contributed by atoms with Crippen molar-refractivity contribution in [1.29, 1.82) is 0 Å². The maximum atomic E-state index is 10.7. The lowest BCUT2D eigenvalue weighted by molar-refractivity contribution is -0.109. The Labute approximate surface area is 108 Å². The highest BCUT2D eigenvalue weighted by Gasteiger charge is 1.98. The van der Waals surface area contributed by atoms with Gasteiger partial charge in [-0.15, -0.1) is 0 Å². The van der Waals surface area contributed by atoms with Crippen LogP contribution in [-0.4, -0.2) is 18.0 Å². The van der Waals surface area contributed by atoms with Gasteiger partial charge in [0.2, 0.25) is 0 Å². The molecule has 0 aliphatic rings. The van der Waals surface area contributed by atoms with Crippen LogP contribution in [0.3, 0.4) is 0 Å². The number of carbonyl (C=O) groups is 1. The van der Waals surface area contributed by atoms with E-state index in [0.29, 0.717) is 5.75 Å². The molecule has 4 heteroatoms. The van der Waals surface area contributed by atoms with Crippen LogP contribution in [0.1, 0.15) is 12.5 Å². The number of methoxy groups -OCH3 is 1. The molecule has 0 saturated heterocycles. The Morgan fingerprint density at radius 3 is 2.88 bits per heavy atom. The van der Waals surface area contributed by atoms with Gasteiger partial charge in [-0.1, -0.05) is 30.0 Å². The van der Waals surface area contributed by atoms with Crippen molar-refractivity contribution in [3.05, 3.63) is 34.3 Å².